The van der Waals surface area contributed by atoms with E-state index in [9.17, 15) is 17.6 Å². The van der Waals surface area contributed by atoms with Gasteiger partial charge in [0.05, 0.1) is 11.4 Å². The molecule has 0 bridgehead atoms. The number of nitrogens with zero attached hydrogens (tertiary/aromatic N) is 1. The normalized spacial score (nSPS) is 11.5. The van der Waals surface area contributed by atoms with Crippen LogP contribution < -0.4 is 5.32 Å². The fraction of sp³-hybridized carbons (Fsp3) is 0.235. The predicted octanol–water partition coefficient (Wildman–Crippen LogP) is 1.81. The van der Waals surface area contributed by atoms with Crippen LogP contribution >= 0.6 is 0 Å². The SMILES string of the molecule is CN(CC(=O)NCCc1ccc(F)cc1)S(=O)(=O)c1ccccc1. The number of hydrogen-bond donors (Lipinski definition) is 1. The molecule has 0 heterocycles. The van der Waals surface area contributed by atoms with Crippen molar-refractivity contribution in [2.75, 3.05) is 20.1 Å². The summed E-state index contributed by atoms with van der Waals surface area (Å²) in [5.74, 6) is -0.699. The van der Waals surface area contributed by atoms with Crippen molar-refractivity contribution >= 4 is 15.9 Å². The van der Waals surface area contributed by atoms with Gasteiger partial charge in [-0.3, -0.25) is 4.79 Å². The Labute approximate surface area is 141 Å². The Hall–Kier alpha value is -2.25. The van der Waals surface area contributed by atoms with Gasteiger partial charge in [-0.2, -0.15) is 4.31 Å². The van der Waals surface area contributed by atoms with Crippen molar-refractivity contribution in [1.82, 2.24) is 9.62 Å². The van der Waals surface area contributed by atoms with Crippen LogP contribution in [0.4, 0.5) is 4.39 Å². The van der Waals surface area contributed by atoms with Gasteiger partial charge in [0.1, 0.15) is 5.82 Å². The molecule has 24 heavy (non-hydrogen) atoms. The number of nitrogens with one attached hydrogen (secondary N) is 1. The summed E-state index contributed by atoms with van der Waals surface area (Å²) in [5.41, 5.74) is 0.891. The lowest BCUT2D eigenvalue weighted by molar-refractivity contribution is -0.121. The molecule has 0 unspecified atom stereocenters. The minimum atomic E-state index is -3.69. The number of carbonyl (C=O) groups excluding carboxylic acids is 1. The van der Waals surface area contributed by atoms with Crippen LogP contribution in [0.5, 0.6) is 0 Å². The number of halogens is 1. The molecule has 0 radical (unpaired) electrons. The molecular weight excluding hydrogens is 331 g/mol. The second kappa shape index (κ2) is 8.03. The third-order valence-electron chi connectivity index (χ3n) is 3.47. The van der Waals surface area contributed by atoms with E-state index in [4.69, 9.17) is 0 Å². The van der Waals surface area contributed by atoms with E-state index in [0.29, 0.717) is 13.0 Å². The summed E-state index contributed by atoms with van der Waals surface area (Å²) in [7, 11) is -2.32. The fourth-order valence-electron chi connectivity index (χ4n) is 2.11. The van der Waals surface area contributed by atoms with E-state index in [1.54, 1.807) is 30.3 Å². The van der Waals surface area contributed by atoms with Gasteiger partial charge in [0.25, 0.3) is 0 Å². The highest BCUT2D eigenvalue weighted by atomic mass is 32.2. The molecule has 1 amide bonds. The molecule has 0 aliphatic rings. The van der Waals surface area contributed by atoms with Crippen molar-refractivity contribution in [3.8, 4) is 0 Å². The quantitative estimate of drug-likeness (QED) is 0.828. The smallest absolute Gasteiger partial charge is 0.243 e. The molecule has 0 atom stereocenters. The highest BCUT2D eigenvalue weighted by Crippen LogP contribution is 2.12. The van der Waals surface area contributed by atoms with Gasteiger partial charge < -0.3 is 5.32 Å². The van der Waals surface area contributed by atoms with E-state index in [1.165, 1.54) is 31.3 Å². The molecule has 2 aromatic carbocycles. The van der Waals surface area contributed by atoms with Crippen LogP contribution in [0.15, 0.2) is 59.5 Å². The lowest BCUT2D eigenvalue weighted by Crippen LogP contribution is -2.39. The van der Waals surface area contributed by atoms with E-state index in [1.807, 2.05) is 0 Å². The van der Waals surface area contributed by atoms with Crippen LogP contribution in [-0.2, 0) is 21.2 Å². The molecule has 0 fully saturated rings. The molecule has 0 aromatic heterocycles. The monoisotopic (exact) mass is 350 g/mol. The lowest BCUT2D eigenvalue weighted by atomic mass is 10.1. The average molecular weight is 350 g/mol. The Morgan fingerprint density at radius 3 is 2.33 bits per heavy atom. The maximum atomic E-state index is 12.8. The maximum Gasteiger partial charge on any atom is 0.243 e. The molecule has 2 aromatic rings. The zero-order valence-corrected chi connectivity index (χ0v) is 14.1. The highest BCUT2D eigenvalue weighted by molar-refractivity contribution is 7.89. The molecule has 128 valence electrons. The highest BCUT2D eigenvalue weighted by Gasteiger charge is 2.22. The van der Waals surface area contributed by atoms with Crippen molar-refractivity contribution < 1.29 is 17.6 Å². The Morgan fingerprint density at radius 2 is 1.71 bits per heavy atom. The largest absolute Gasteiger partial charge is 0.355 e. The van der Waals surface area contributed by atoms with Crippen LogP contribution in [0.3, 0.4) is 0 Å². The molecular formula is C17H19FN2O3S. The van der Waals surface area contributed by atoms with Gasteiger partial charge in [-0.25, -0.2) is 12.8 Å². The number of benzene rings is 2. The van der Waals surface area contributed by atoms with Crippen molar-refractivity contribution in [1.29, 1.82) is 0 Å². The Morgan fingerprint density at radius 1 is 1.08 bits per heavy atom. The first-order valence-corrected chi connectivity index (χ1v) is 8.86. The number of amides is 1. The Kier molecular flexibility index (Phi) is 6.05. The molecule has 7 heteroatoms. The van der Waals surface area contributed by atoms with E-state index in [-0.39, 0.29) is 23.2 Å². The number of hydrogen-bond acceptors (Lipinski definition) is 3. The first-order chi connectivity index (χ1) is 11.4. The van der Waals surface area contributed by atoms with Gasteiger partial charge in [-0.1, -0.05) is 30.3 Å². The molecule has 5 nitrogen and oxygen atoms in total. The maximum absolute atomic E-state index is 12.8. The van der Waals surface area contributed by atoms with Crippen LogP contribution in [0.1, 0.15) is 5.56 Å². The van der Waals surface area contributed by atoms with Gasteiger partial charge in [-0.15, -0.1) is 0 Å². The number of likely N-dealkylation sites (N-methyl/N-ethyl adjacent to an activating group) is 1. The predicted molar refractivity (Wildman–Crippen MR) is 89.4 cm³/mol. The first kappa shape index (κ1) is 18.1. The molecule has 0 saturated heterocycles. The van der Waals surface area contributed by atoms with E-state index in [2.05, 4.69) is 5.32 Å². The van der Waals surface area contributed by atoms with Gasteiger partial charge in [-0.05, 0) is 36.2 Å². The minimum absolute atomic E-state index is 0.145. The van der Waals surface area contributed by atoms with Gasteiger partial charge in [0, 0.05) is 13.6 Å². The van der Waals surface area contributed by atoms with Gasteiger partial charge in [0.2, 0.25) is 15.9 Å². The second-order valence-electron chi connectivity index (χ2n) is 5.30. The van der Waals surface area contributed by atoms with Crippen molar-refractivity contribution in [3.63, 3.8) is 0 Å². The van der Waals surface area contributed by atoms with Gasteiger partial charge in [0.15, 0.2) is 0 Å². The van der Waals surface area contributed by atoms with E-state index < -0.39 is 10.0 Å². The van der Waals surface area contributed by atoms with Crippen molar-refractivity contribution in [2.45, 2.75) is 11.3 Å². The first-order valence-electron chi connectivity index (χ1n) is 7.42. The number of sulfonamides is 1. The fourth-order valence-corrected chi connectivity index (χ4v) is 3.26. The topological polar surface area (TPSA) is 66.5 Å². The molecule has 0 saturated carbocycles. The summed E-state index contributed by atoms with van der Waals surface area (Å²) in [5, 5.41) is 2.66. The summed E-state index contributed by atoms with van der Waals surface area (Å²) in [6, 6.07) is 14.0. The van der Waals surface area contributed by atoms with Crippen LogP contribution in [-0.4, -0.2) is 38.8 Å². The molecule has 2 rings (SSSR count). The Bertz CT molecular complexity index is 777. The van der Waals surface area contributed by atoms with E-state index in [0.717, 1.165) is 9.87 Å². The average Bonchev–Trinajstić information content (AvgIpc) is 2.57. The minimum Gasteiger partial charge on any atom is -0.355 e. The van der Waals surface area contributed by atoms with E-state index >= 15 is 0 Å². The Balaban J connectivity index is 1.84. The standard InChI is InChI=1S/C17H19FN2O3S/c1-20(24(22,23)16-5-3-2-4-6-16)13-17(21)19-12-11-14-7-9-15(18)10-8-14/h2-10H,11-13H2,1H3,(H,19,21). The molecule has 1 N–H and O–H groups in total. The van der Waals surface area contributed by atoms with Crippen LogP contribution in [0.25, 0.3) is 0 Å². The number of carbonyl (C=O) groups is 1. The molecule has 0 aliphatic carbocycles. The van der Waals surface area contributed by atoms with Crippen LogP contribution in [0, 0.1) is 5.82 Å². The summed E-state index contributed by atoms with van der Waals surface area (Å²) in [4.78, 5) is 12.0. The lowest BCUT2D eigenvalue weighted by Gasteiger charge is -2.16. The van der Waals surface area contributed by atoms with Gasteiger partial charge >= 0.3 is 0 Å². The molecule has 0 aliphatic heterocycles. The summed E-state index contributed by atoms with van der Waals surface area (Å²) < 4.78 is 38.4. The summed E-state index contributed by atoms with van der Waals surface area (Å²) in [6.07, 6.45) is 0.543. The zero-order valence-electron chi connectivity index (χ0n) is 13.3. The second-order valence-corrected chi connectivity index (χ2v) is 7.35. The summed E-state index contributed by atoms with van der Waals surface area (Å²) >= 11 is 0. The summed E-state index contributed by atoms with van der Waals surface area (Å²) in [6.45, 7) is 0.0876. The third kappa shape index (κ3) is 4.87. The number of rotatable bonds is 7. The zero-order chi connectivity index (χ0) is 17.6. The molecule has 0 spiro atoms. The van der Waals surface area contributed by atoms with Crippen molar-refractivity contribution in [2.24, 2.45) is 0 Å². The third-order valence-corrected chi connectivity index (χ3v) is 5.28. The van der Waals surface area contributed by atoms with Crippen LogP contribution in [0.2, 0.25) is 0 Å². The van der Waals surface area contributed by atoms with Crippen molar-refractivity contribution in [3.05, 3.63) is 66.0 Å².